The second-order valence-electron chi connectivity index (χ2n) is 5.88. The van der Waals surface area contributed by atoms with E-state index in [2.05, 4.69) is 10.2 Å². The number of rotatable bonds is 4. The van der Waals surface area contributed by atoms with E-state index in [0.717, 1.165) is 30.0 Å². The van der Waals surface area contributed by atoms with Gasteiger partial charge in [-0.2, -0.15) is 0 Å². The maximum Gasteiger partial charge on any atom is 0.341 e. The molecule has 7 heteroatoms. The number of likely N-dealkylation sites (N-methyl/N-ethyl adjacent to an activating group) is 1. The van der Waals surface area contributed by atoms with Crippen LogP contribution in [0.25, 0.3) is 0 Å². The predicted molar refractivity (Wildman–Crippen MR) is 94.7 cm³/mol. The predicted octanol–water partition coefficient (Wildman–Crippen LogP) is 3.30. The quantitative estimate of drug-likeness (QED) is 0.848. The topological polar surface area (TPSA) is 58.6 Å². The van der Waals surface area contributed by atoms with E-state index in [0.29, 0.717) is 16.1 Å². The fourth-order valence-corrected chi connectivity index (χ4v) is 4.13. The summed E-state index contributed by atoms with van der Waals surface area (Å²) in [6.45, 7) is 3.61. The van der Waals surface area contributed by atoms with Gasteiger partial charge in [0, 0.05) is 23.5 Å². The summed E-state index contributed by atoms with van der Waals surface area (Å²) in [5, 5.41) is 3.29. The van der Waals surface area contributed by atoms with Crippen LogP contribution in [0, 0.1) is 5.82 Å². The van der Waals surface area contributed by atoms with Crippen molar-refractivity contribution in [2.45, 2.75) is 19.9 Å². The van der Waals surface area contributed by atoms with Crippen LogP contribution < -0.4 is 5.32 Å². The standard InChI is InChI=1S/C18H19FN2O3S/c1-3-24-18(23)15-13-8-9-21(2)10-14(13)25-17(15)20-16(22)11-4-6-12(19)7-5-11/h4-7H,3,8-10H2,1-2H3,(H,20,22). The van der Waals surface area contributed by atoms with Crippen LogP contribution in [-0.2, 0) is 17.7 Å². The number of hydrogen-bond donors (Lipinski definition) is 1. The molecule has 2 heterocycles. The molecule has 0 fully saturated rings. The lowest BCUT2D eigenvalue weighted by Crippen LogP contribution is -2.26. The van der Waals surface area contributed by atoms with Gasteiger partial charge in [-0.05, 0) is 50.2 Å². The summed E-state index contributed by atoms with van der Waals surface area (Å²) < 4.78 is 18.2. The zero-order valence-electron chi connectivity index (χ0n) is 14.1. The number of carbonyl (C=O) groups is 2. The van der Waals surface area contributed by atoms with Crippen LogP contribution >= 0.6 is 11.3 Å². The van der Waals surface area contributed by atoms with Gasteiger partial charge < -0.3 is 15.0 Å². The number of amides is 1. The summed E-state index contributed by atoms with van der Waals surface area (Å²) in [7, 11) is 2.02. The van der Waals surface area contributed by atoms with Crippen LogP contribution in [0.3, 0.4) is 0 Å². The van der Waals surface area contributed by atoms with Crippen LogP contribution in [0.1, 0.15) is 38.1 Å². The lowest BCUT2D eigenvalue weighted by Gasteiger charge is -2.22. The van der Waals surface area contributed by atoms with Crippen molar-refractivity contribution in [3.63, 3.8) is 0 Å². The number of anilines is 1. The maximum atomic E-state index is 13.0. The molecule has 0 atom stereocenters. The third kappa shape index (κ3) is 3.72. The number of benzene rings is 1. The minimum absolute atomic E-state index is 0.273. The number of thiophene rings is 1. The van der Waals surface area contributed by atoms with Gasteiger partial charge >= 0.3 is 5.97 Å². The zero-order valence-corrected chi connectivity index (χ0v) is 14.9. The average molecular weight is 362 g/mol. The number of halogens is 1. The van der Waals surface area contributed by atoms with Crippen LogP contribution in [-0.4, -0.2) is 37.0 Å². The minimum atomic E-state index is -0.418. The van der Waals surface area contributed by atoms with Crippen LogP contribution in [0.4, 0.5) is 9.39 Å². The van der Waals surface area contributed by atoms with E-state index >= 15 is 0 Å². The summed E-state index contributed by atoms with van der Waals surface area (Å²) in [6, 6.07) is 5.29. The Morgan fingerprint density at radius 2 is 2.04 bits per heavy atom. The third-order valence-electron chi connectivity index (χ3n) is 4.06. The zero-order chi connectivity index (χ0) is 18.0. The molecule has 2 aromatic rings. The first-order chi connectivity index (χ1) is 12.0. The van der Waals surface area contributed by atoms with Crippen molar-refractivity contribution in [1.82, 2.24) is 4.90 Å². The Balaban J connectivity index is 1.93. The molecule has 1 aromatic heterocycles. The first-order valence-corrected chi connectivity index (χ1v) is 8.88. The molecule has 1 aliphatic rings. The summed E-state index contributed by atoms with van der Waals surface area (Å²) in [4.78, 5) is 28.1. The summed E-state index contributed by atoms with van der Waals surface area (Å²) in [5.41, 5.74) is 1.74. The Morgan fingerprint density at radius 1 is 1.32 bits per heavy atom. The molecule has 1 amide bonds. The SMILES string of the molecule is CCOC(=O)c1c(NC(=O)c2ccc(F)cc2)sc2c1CCN(C)C2. The van der Waals surface area contributed by atoms with Crippen molar-refractivity contribution in [1.29, 1.82) is 0 Å². The molecule has 132 valence electrons. The Bertz CT molecular complexity index is 801. The van der Waals surface area contributed by atoms with Crippen molar-refractivity contribution in [2.75, 3.05) is 25.5 Å². The molecular formula is C18H19FN2O3S. The number of ether oxygens (including phenoxy) is 1. The number of nitrogens with one attached hydrogen (secondary N) is 1. The molecule has 0 spiro atoms. The summed E-state index contributed by atoms with van der Waals surface area (Å²) >= 11 is 1.40. The largest absolute Gasteiger partial charge is 0.462 e. The average Bonchev–Trinajstić information content (AvgIpc) is 2.92. The van der Waals surface area contributed by atoms with Gasteiger partial charge in [-0.1, -0.05) is 0 Å². The third-order valence-corrected chi connectivity index (χ3v) is 5.19. The molecule has 1 aliphatic heterocycles. The van der Waals surface area contributed by atoms with Crippen molar-refractivity contribution in [2.24, 2.45) is 0 Å². The fourth-order valence-electron chi connectivity index (χ4n) is 2.82. The number of nitrogens with zero attached hydrogens (tertiary/aromatic N) is 1. The number of fused-ring (bicyclic) bond motifs is 1. The van der Waals surface area contributed by atoms with E-state index in [9.17, 15) is 14.0 Å². The molecule has 1 aromatic carbocycles. The number of hydrogen-bond acceptors (Lipinski definition) is 5. The highest BCUT2D eigenvalue weighted by molar-refractivity contribution is 7.17. The molecule has 0 radical (unpaired) electrons. The minimum Gasteiger partial charge on any atom is -0.462 e. The highest BCUT2D eigenvalue weighted by Crippen LogP contribution is 2.37. The first kappa shape index (κ1) is 17.6. The Kier molecular flexibility index (Phi) is 5.15. The molecule has 0 aliphatic carbocycles. The van der Waals surface area contributed by atoms with Gasteiger partial charge in [0.15, 0.2) is 0 Å². The van der Waals surface area contributed by atoms with E-state index in [-0.39, 0.29) is 12.5 Å². The molecule has 5 nitrogen and oxygen atoms in total. The highest BCUT2D eigenvalue weighted by Gasteiger charge is 2.28. The molecule has 0 saturated carbocycles. The van der Waals surface area contributed by atoms with E-state index in [1.807, 2.05) is 7.05 Å². The van der Waals surface area contributed by atoms with Crippen molar-refractivity contribution >= 4 is 28.2 Å². The lowest BCUT2D eigenvalue weighted by atomic mass is 10.0. The van der Waals surface area contributed by atoms with Crippen LogP contribution in [0.2, 0.25) is 0 Å². The smallest absolute Gasteiger partial charge is 0.341 e. The molecular weight excluding hydrogens is 343 g/mol. The van der Waals surface area contributed by atoms with Gasteiger partial charge in [0.2, 0.25) is 0 Å². The van der Waals surface area contributed by atoms with Gasteiger partial charge in [0.05, 0.1) is 12.2 Å². The van der Waals surface area contributed by atoms with E-state index < -0.39 is 11.8 Å². The highest BCUT2D eigenvalue weighted by atomic mass is 32.1. The van der Waals surface area contributed by atoms with Gasteiger partial charge in [0.1, 0.15) is 10.8 Å². The van der Waals surface area contributed by atoms with Crippen molar-refractivity contribution in [3.8, 4) is 0 Å². The van der Waals surface area contributed by atoms with E-state index in [1.54, 1.807) is 6.92 Å². The molecule has 0 unspecified atom stereocenters. The van der Waals surface area contributed by atoms with Gasteiger partial charge in [0.25, 0.3) is 5.91 Å². The monoisotopic (exact) mass is 362 g/mol. The number of esters is 1. The van der Waals surface area contributed by atoms with Gasteiger partial charge in [-0.15, -0.1) is 11.3 Å². The molecule has 1 N–H and O–H groups in total. The first-order valence-electron chi connectivity index (χ1n) is 8.06. The number of carbonyl (C=O) groups excluding carboxylic acids is 2. The van der Waals surface area contributed by atoms with Crippen molar-refractivity contribution in [3.05, 3.63) is 51.7 Å². The second kappa shape index (κ2) is 7.33. The van der Waals surface area contributed by atoms with Crippen molar-refractivity contribution < 1.29 is 18.7 Å². The summed E-state index contributed by atoms with van der Waals surface area (Å²) in [6.07, 6.45) is 0.739. The Labute approximate surface area is 149 Å². The van der Waals surface area contributed by atoms with E-state index in [1.165, 1.54) is 35.6 Å². The summed E-state index contributed by atoms with van der Waals surface area (Å²) in [5.74, 6) is -1.20. The van der Waals surface area contributed by atoms with Crippen LogP contribution in [0.5, 0.6) is 0 Å². The van der Waals surface area contributed by atoms with Crippen LogP contribution in [0.15, 0.2) is 24.3 Å². The molecule has 0 saturated heterocycles. The Hall–Kier alpha value is -2.25. The maximum absolute atomic E-state index is 13.0. The molecule has 25 heavy (non-hydrogen) atoms. The molecule has 0 bridgehead atoms. The van der Waals surface area contributed by atoms with Gasteiger partial charge in [-0.3, -0.25) is 4.79 Å². The Morgan fingerprint density at radius 3 is 2.72 bits per heavy atom. The lowest BCUT2D eigenvalue weighted by molar-refractivity contribution is 0.0526. The fraction of sp³-hybridized carbons (Fsp3) is 0.333. The van der Waals surface area contributed by atoms with Gasteiger partial charge in [-0.25, -0.2) is 9.18 Å². The molecule has 3 rings (SSSR count). The second-order valence-corrected chi connectivity index (χ2v) is 6.98. The normalized spacial score (nSPS) is 14.0. The van der Waals surface area contributed by atoms with E-state index in [4.69, 9.17) is 4.74 Å².